The highest BCUT2D eigenvalue weighted by Crippen LogP contribution is 2.22. The first-order chi connectivity index (χ1) is 14.7. The van der Waals surface area contributed by atoms with Gasteiger partial charge in [-0.2, -0.15) is 5.10 Å². The molecule has 2 aromatic carbocycles. The molecule has 158 valence electrons. The number of amides is 1. The molecule has 0 spiro atoms. The summed E-state index contributed by atoms with van der Waals surface area (Å²) in [6.07, 6.45) is 0. The molecule has 1 heterocycles. The highest BCUT2D eigenvalue weighted by Gasteiger charge is 2.21. The van der Waals surface area contributed by atoms with Gasteiger partial charge in [-0.15, -0.1) is 0 Å². The average molecular weight is 423 g/mol. The summed E-state index contributed by atoms with van der Waals surface area (Å²) in [6, 6.07) is 12.1. The Morgan fingerprint density at radius 1 is 1.06 bits per heavy atom. The standard InChI is InChI=1S/C20H17N5O6/c1-12-10-18(26)19(22-23(12)16-8-3-4-9-17(16)25(30)31)20(27)21-13(2)14-6-5-7-15(11-14)24(28)29/h3-11,13H,1-2H3,(H,21,27). The number of nitrogens with zero attached hydrogens (tertiary/aromatic N) is 4. The second-order valence-electron chi connectivity index (χ2n) is 6.70. The number of nitrogens with one attached hydrogen (secondary N) is 1. The topological polar surface area (TPSA) is 150 Å². The van der Waals surface area contributed by atoms with E-state index in [4.69, 9.17) is 0 Å². The number of hydrogen-bond acceptors (Lipinski definition) is 7. The van der Waals surface area contributed by atoms with Gasteiger partial charge in [0.25, 0.3) is 17.3 Å². The number of carbonyl (C=O) groups excluding carboxylic acids is 1. The van der Waals surface area contributed by atoms with Crippen LogP contribution < -0.4 is 10.7 Å². The summed E-state index contributed by atoms with van der Waals surface area (Å²) in [7, 11) is 0. The predicted molar refractivity (Wildman–Crippen MR) is 110 cm³/mol. The van der Waals surface area contributed by atoms with E-state index in [-0.39, 0.29) is 17.1 Å². The molecule has 1 aromatic heterocycles. The van der Waals surface area contributed by atoms with Crippen molar-refractivity contribution in [2.24, 2.45) is 0 Å². The molecule has 11 nitrogen and oxygen atoms in total. The molecule has 0 saturated carbocycles. The van der Waals surface area contributed by atoms with Gasteiger partial charge in [-0.3, -0.25) is 29.8 Å². The molecule has 1 N–H and O–H groups in total. The van der Waals surface area contributed by atoms with Crippen LogP contribution in [0.1, 0.15) is 34.7 Å². The van der Waals surface area contributed by atoms with E-state index >= 15 is 0 Å². The van der Waals surface area contributed by atoms with Gasteiger partial charge in [-0.05, 0) is 25.5 Å². The van der Waals surface area contributed by atoms with Crippen LogP contribution in [0.25, 0.3) is 5.69 Å². The Kier molecular flexibility index (Phi) is 5.86. The smallest absolute Gasteiger partial charge is 0.294 e. The number of hydrogen-bond donors (Lipinski definition) is 1. The lowest BCUT2D eigenvalue weighted by atomic mass is 10.1. The van der Waals surface area contributed by atoms with E-state index in [1.165, 1.54) is 36.4 Å². The predicted octanol–water partition coefficient (Wildman–Crippen LogP) is 2.85. The van der Waals surface area contributed by atoms with Gasteiger partial charge in [0.15, 0.2) is 5.69 Å². The quantitative estimate of drug-likeness (QED) is 0.473. The molecule has 3 aromatic rings. The summed E-state index contributed by atoms with van der Waals surface area (Å²) in [6.45, 7) is 3.14. The molecule has 31 heavy (non-hydrogen) atoms. The Labute approximate surface area is 175 Å². The Morgan fingerprint density at radius 2 is 1.77 bits per heavy atom. The van der Waals surface area contributed by atoms with Crippen molar-refractivity contribution < 1.29 is 14.6 Å². The number of aryl methyl sites for hydroxylation is 1. The fraction of sp³-hybridized carbons (Fsp3) is 0.150. The lowest BCUT2D eigenvalue weighted by Gasteiger charge is -2.15. The van der Waals surface area contributed by atoms with Crippen molar-refractivity contribution in [1.29, 1.82) is 0 Å². The first kappa shape index (κ1) is 21.3. The van der Waals surface area contributed by atoms with Gasteiger partial charge < -0.3 is 5.32 Å². The molecular formula is C20H17N5O6. The minimum atomic E-state index is -0.809. The van der Waals surface area contributed by atoms with Crippen LogP contribution in [0.5, 0.6) is 0 Å². The molecule has 3 rings (SSSR count). The Hall–Kier alpha value is -4.41. The third kappa shape index (κ3) is 4.45. The molecule has 1 unspecified atom stereocenters. The van der Waals surface area contributed by atoms with Crippen LogP contribution in [-0.2, 0) is 0 Å². The van der Waals surface area contributed by atoms with Crippen LogP contribution in [0.3, 0.4) is 0 Å². The molecular weight excluding hydrogens is 406 g/mol. The van der Waals surface area contributed by atoms with Crippen LogP contribution >= 0.6 is 0 Å². The molecule has 0 fully saturated rings. The third-order valence-electron chi connectivity index (χ3n) is 4.56. The van der Waals surface area contributed by atoms with E-state index in [1.807, 2.05) is 0 Å². The first-order valence-electron chi connectivity index (χ1n) is 9.09. The summed E-state index contributed by atoms with van der Waals surface area (Å²) in [5.74, 6) is -0.809. The molecule has 1 atom stereocenters. The van der Waals surface area contributed by atoms with Gasteiger partial charge in [0.05, 0.1) is 15.9 Å². The Balaban J connectivity index is 1.97. The minimum Gasteiger partial charge on any atom is -0.344 e. The first-order valence-corrected chi connectivity index (χ1v) is 9.09. The molecule has 0 aliphatic carbocycles. The largest absolute Gasteiger partial charge is 0.344 e. The van der Waals surface area contributed by atoms with Crippen molar-refractivity contribution in [2.45, 2.75) is 19.9 Å². The fourth-order valence-corrected chi connectivity index (χ4v) is 3.00. The SMILES string of the molecule is Cc1cc(=O)c(C(=O)NC(C)c2cccc([N+](=O)[O-])c2)nn1-c1ccccc1[N+](=O)[O-]. The van der Waals surface area contributed by atoms with Crippen LogP contribution in [0, 0.1) is 27.2 Å². The maximum Gasteiger partial charge on any atom is 0.294 e. The maximum atomic E-state index is 12.7. The van der Waals surface area contributed by atoms with Crippen LogP contribution in [0.15, 0.2) is 59.4 Å². The Bertz CT molecular complexity index is 1250. The van der Waals surface area contributed by atoms with E-state index < -0.39 is 32.9 Å². The van der Waals surface area contributed by atoms with E-state index in [0.717, 1.165) is 10.7 Å². The number of non-ortho nitro benzene ring substituents is 1. The summed E-state index contributed by atoms with van der Waals surface area (Å²) >= 11 is 0. The van der Waals surface area contributed by atoms with Gasteiger partial charge in [0.2, 0.25) is 5.43 Å². The van der Waals surface area contributed by atoms with Crippen LogP contribution in [0.2, 0.25) is 0 Å². The molecule has 0 aliphatic rings. The van der Waals surface area contributed by atoms with E-state index in [9.17, 15) is 29.8 Å². The maximum absolute atomic E-state index is 12.7. The number of nitro groups is 2. The van der Waals surface area contributed by atoms with E-state index in [2.05, 4.69) is 10.4 Å². The fourth-order valence-electron chi connectivity index (χ4n) is 3.00. The molecule has 0 saturated heterocycles. The van der Waals surface area contributed by atoms with Crippen molar-refractivity contribution >= 4 is 17.3 Å². The highest BCUT2D eigenvalue weighted by molar-refractivity contribution is 5.92. The summed E-state index contributed by atoms with van der Waals surface area (Å²) < 4.78 is 1.16. The number of aromatic nitrogens is 2. The van der Waals surface area contributed by atoms with Crippen molar-refractivity contribution in [3.8, 4) is 5.69 Å². The van der Waals surface area contributed by atoms with E-state index in [0.29, 0.717) is 11.3 Å². The zero-order chi connectivity index (χ0) is 22.7. The number of rotatable bonds is 6. The zero-order valence-electron chi connectivity index (χ0n) is 16.5. The number of nitro benzene ring substituents is 2. The number of benzene rings is 2. The van der Waals surface area contributed by atoms with Crippen molar-refractivity contribution in [3.05, 3.63) is 102 Å². The molecule has 0 radical (unpaired) electrons. The van der Waals surface area contributed by atoms with E-state index in [1.54, 1.807) is 26.0 Å². The van der Waals surface area contributed by atoms with Crippen molar-refractivity contribution in [3.63, 3.8) is 0 Å². The third-order valence-corrected chi connectivity index (χ3v) is 4.56. The number of para-hydroxylation sites is 2. The van der Waals surface area contributed by atoms with Crippen LogP contribution in [-0.4, -0.2) is 25.5 Å². The monoisotopic (exact) mass is 423 g/mol. The summed E-state index contributed by atoms with van der Waals surface area (Å²) in [5.41, 5.74) is -0.608. The van der Waals surface area contributed by atoms with Crippen molar-refractivity contribution in [2.75, 3.05) is 0 Å². The van der Waals surface area contributed by atoms with Gasteiger partial charge >= 0.3 is 0 Å². The van der Waals surface area contributed by atoms with Crippen molar-refractivity contribution in [1.82, 2.24) is 15.1 Å². The summed E-state index contributed by atoms with van der Waals surface area (Å²) in [4.78, 5) is 46.3. The molecule has 1 amide bonds. The second kappa shape index (κ2) is 8.53. The van der Waals surface area contributed by atoms with Gasteiger partial charge in [0, 0.05) is 30.0 Å². The highest BCUT2D eigenvalue weighted by atomic mass is 16.6. The molecule has 0 bridgehead atoms. The zero-order valence-corrected chi connectivity index (χ0v) is 16.5. The van der Waals surface area contributed by atoms with Gasteiger partial charge in [-0.25, -0.2) is 4.68 Å². The second-order valence-corrected chi connectivity index (χ2v) is 6.70. The average Bonchev–Trinajstić information content (AvgIpc) is 2.73. The van der Waals surface area contributed by atoms with Gasteiger partial charge in [0.1, 0.15) is 5.69 Å². The molecule has 11 heteroatoms. The molecule has 0 aliphatic heterocycles. The normalized spacial score (nSPS) is 11.5. The lowest BCUT2D eigenvalue weighted by molar-refractivity contribution is -0.385. The Morgan fingerprint density at radius 3 is 2.45 bits per heavy atom. The summed E-state index contributed by atoms with van der Waals surface area (Å²) in [5, 5.41) is 28.9. The minimum absolute atomic E-state index is 0.103. The van der Waals surface area contributed by atoms with Gasteiger partial charge in [-0.1, -0.05) is 24.3 Å². The lowest BCUT2D eigenvalue weighted by Crippen LogP contribution is -2.33. The number of carbonyl (C=O) groups is 1. The van der Waals surface area contributed by atoms with Crippen LogP contribution in [0.4, 0.5) is 11.4 Å².